The highest BCUT2D eigenvalue weighted by molar-refractivity contribution is 9.11. The molecule has 3 heterocycles. The number of allylic oxidation sites excluding steroid dienone is 1. The molecule has 0 aliphatic carbocycles. The van der Waals surface area contributed by atoms with Crippen LogP contribution in [0.4, 0.5) is 0 Å². The van der Waals surface area contributed by atoms with Gasteiger partial charge in [-0.3, -0.25) is 9.36 Å². The molecule has 0 saturated heterocycles. The van der Waals surface area contributed by atoms with E-state index in [4.69, 9.17) is 9.15 Å². The number of fused-ring (bicyclic) bond motifs is 1. The standard InChI is InChI=1S/C29H24Br2N2O4S2/c1-15(2)36-28(35)25-16(3)32-29-33(26(25)17-5-9-20(38-4)10-6-17)27(34)24(39-29)14-19-8-12-23(37-19)21-13-18(30)7-11-22(21)31/h5-15,26H,1-4H3/b24-14-/t26-/m0/s1. The van der Waals surface area contributed by atoms with E-state index in [1.54, 1.807) is 43.2 Å². The maximum Gasteiger partial charge on any atom is 0.338 e. The second-order valence-corrected chi connectivity index (χ2v) is 12.8. The van der Waals surface area contributed by atoms with Gasteiger partial charge in [0.25, 0.3) is 5.56 Å². The monoisotopic (exact) mass is 686 g/mol. The molecule has 0 spiro atoms. The number of thiazole rings is 1. The first-order chi connectivity index (χ1) is 18.7. The van der Waals surface area contributed by atoms with E-state index in [-0.39, 0.29) is 11.7 Å². The maximum absolute atomic E-state index is 13.8. The summed E-state index contributed by atoms with van der Waals surface area (Å²) in [4.78, 5) is 33.4. The smallest absolute Gasteiger partial charge is 0.338 e. The van der Waals surface area contributed by atoms with Gasteiger partial charge in [-0.05, 0) is 75.1 Å². The van der Waals surface area contributed by atoms with Crippen LogP contribution < -0.4 is 14.9 Å². The molecule has 1 aliphatic rings. The Bertz CT molecular complexity index is 1780. The Kier molecular flexibility index (Phi) is 8.19. The number of esters is 1. The molecule has 1 atom stereocenters. The summed E-state index contributed by atoms with van der Waals surface area (Å²) < 4.78 is 15.5. The zero-order valence-electron chi connectivity index (χ0n) is 21.5. The van der Waals surface area contributed by atoms with E-state index in [2.05, 4.69) is 36.9 Å². The van der Waals surface area contributed by atoms with Gasteiger partial charge in [-0.25, -0.2) is 9.79 Å². The predicted octanol–water partition coefficient (Wildman–Crippen LogP) is 6.69. The largest absolute Gasteiger partial charge is 0.459 e. The van der Waals surface area contributed by atoms with Gasteiger partial charge in [0.2, 0.25) is 0 Å². The lowest BCUT2D eigenvalue weighted by Crippen LogP contribution is -2.40. The molecule has 0 saturated carbocycles. The summed E-state index contributed by atoms with van der Waals surface area (Å²) in [7, 11) is 0. The molecular weight excluding hydrogens is 664 g/mol. The van der Waals surface area contributed by atoms with Crippen LogP contribution in [0, 0.1) is 0 Å². The van der Waals surface area contributed by atoms with Gasteiger partial charge in [0.05, 0.1) is 27.9 Å². The second-order valence-electron chi connectivity index (χ2n) is 9.14. The number of carbonyl (C=O) groups is 1. The molecule has 0 radical (unpaired) electrons. The van der Waals surface area contributed by atoms with Crippen molar-refractivity contribution in [1.82, 2.24) is 4.57 Å². The van der Waals surface area contributed by atoms with Gasteiger partial charge >= 0.3 is 5.97 Å². The maximum atomic E-state index is 13.8. The Labute approximate surface area is 250 Å². The van der Waals surface area contributed by atoms with E-state index in [1.807, 2.05) is 60.9 Å². The molecule has 6 nitrogen and oxygen atoms in total. The van der Waals surface area contributed by atoms with Crippen molar-refractivity contribution in [2.45, 2.75) is 37.8 Å². The van der Waals surface area contributed by atoms with Crippen molar-refractivity contribution in [3.05, 3.63) is 106 Å². The number of ether oxygens (including phenoxy) is 1. The summed E-state index contributed by atoms with van der Waals surface area (Å²) in [5, 5.41) is 0. The van der Waals surface area contributed by atoms with Crippen LogP contribution in [0.1, 0.15) is 38.1 Å². The van der Waals surface area contributed by atoms with Gasteiger partial charge in [-0.1, -0.05) is 55.3 Å². The Morgan fingerprint density at radius 1 is 1.15 bits per heavy atom. The third-order valence-electron chi connectivity index (χ3n) is 6.11. The molecular formula is C29H24Br2N2O4S2. The van der Waals surface area contributed by atoms with Crippen LogP contribution in [0.25, 0.3) is 17.4 Å². The molecule has 1 aliphatic heterocycles. The van der Waals surface area contributed by atoms with Crippen molar-refractivity contribution in [2.75, 3.05) is 6.26 Å². The van der Waals surface area contributed by atoms with Crippen LogP contribution >= 0.6 is 55.0 Å². The van der Waals surface area contributed by atoms with Crippen molar-refractivity contribution in [3.8, 4) is 11.3 Å². The number of carbonyl (C=O) groups excluding carboxylic acids is 1. The predicted molar refractivity (Wildman–Crippen MR) is 163 cm³/mol. The van der Waals surface area contributed by atoms with Crippen molar-refractivity contribution >= 4 is 67.0 Å². The van der Waals surface area contributed by atoms with Crippen LogP contribution in [0.3, 0.4) is 0 Å². The number of furan rings is 1. The van der Waals surface area contributed by atoms with E-state index < -0.39 is 12.0 Å². The molecule has 200 valence electrons. The average Bonchev–Trinajstić information content (AvgIpc) is 3.48. The Hall–Kier alpha value is -2.66. The minimum Gasteiger partial charge on any atom is -0.459 e. The molecule has 4 aromatic rings. The van der Waals surface area contributed by atoms with Gasteiger partial charge in [-0.2, -0.15) is 0 Å². The molecule has 2 aromatic heterocycles. The third kappa shape index (κ3) is 5.66. The van der Waals surface area contributed by atoms with Crippen LogP contribution in [-0.2, 0) is 9.53 Å². The van der Waals surface area contributed by atoms with E-state index in [0.717, 1.165) is 25.0 Å². The number of hydrogen-bond donors (Lipinski definition) is 0. The van der Waals surface area contributed by atoms with Gasteiger partial charge in [-0.15, -0.1) is 11.8 Å². The molecule has 5 rings (SSSR count). The van der Waals surface area contributed by atoms with Crippen molar-refractivity contribution in [2.24, 2.45) is 4.99 Å². The average molecular weight is 688 g/mol. The number of nitrogens with zero attached hydrogens (tertiary/aromatic N) is 2. The fraction of sp³-hybridized carbons (Fsp3) is 0.207. The number of aromatic nitrogens is 1. The SMILES string of the molecule is CSc1ccc([C@H]2C(C(=O)OC(C)C)=C(C)N=c3s/c(=C\c4ccc(-c5cc(Br)ccc5Br)o4)c(=O)n32)cc1. The molecule has 39 heavy (non-hydrogen) atoms. The number of hydrogen-bond acceptors (Lipinski definition) is 7. The molecule has 0 N–H and O–H groups in total. The molecule has 0 fully saturated rings. The second kappa shape index (κ2) is 11.4. The Balaban J connectivity index is 1.63. The first kappa shape index (κ1) is 27.9. The topological polar surface area (TPSA) is 73.8 Å². The Morgan fingerprint density at radius 3 is 2.59 bits per heavy atom. The summed E-state index contributed by atoms with van der Waals surface area (Å²) >= 11 is 9.96. The first-order valence-corrected chi connectivity index (χ1v) is 15.7. The Morgan fingerprint density at radius 2 is 1.90 bits per heavy atom. The number of halogens is 2. The van der Waals surface area contributed by atoms with Crippen molar-refractivity contribution in [1.29, 1.82) is 0 Å². The first-order valence-electron chi connectivity index (χ1n) is 12.1. The van der Waals surface area contributed by atoms with Crippen molar-refractivity contribution < 1.29 is 13.9 Å². The minimum atomic E-state index is -0.657. The molecule has 0 unspecified atom stereocenters. The lowest BCUT2D eigenvalue weighted by atomic mass is 9.96. The van der Waals surface area contributed by atoms with Crippen LogP contribution in [0.5, 0.6) is 0 Å². The van der Waals surface area contributed by atoms with Crippen LogP contribution in [-0.4, -0.2) is 22.9 Å². The third-order valence-corrected chi connectivity index (χ3v) is 9.02. The fourth-order valence-corrected chi connectivity index (χ4v) is 6.59. The summed E-state index contributed by atoms with van der Waals surface area (Å²) in [6, 6.07) is 16.8. The van der Waals surface area contributed by atoms with Crippen molar-refractivity contribution in [3.63, 3.8) is 0 Å². The summed E-state index contributed by atoms with van der Waals surface area (Å²) in [6.07, 6.45) is 3.42. The van der Waals surface area contributed by atoms with E-state index >= 15 is 0 Å². The highest BCUT2D eigenvalue weighted by Gasteiger charge is 2.33. The number of thioether (sulfide) groups is 1. The lowest BCUT2D eigenvalue weighted by molar-refractivity contribution is -0.143. The normalized spacial score (nSPS) is 15.5. The van der Waals surface area contributed by atoms with Gasteiger partial charge in [0, 0.05) is 25.5 Å². The number of rotatable bonds is 6. The van der Waals surface area contributed by atoms with Crippen LogP contribution in [0.2, 0.25) is 0 Å². The van der Waals surface area contributed by atoms with E-state index in [9.17, 15) is 9.59 Å². The number of benzene rings is 2. The quantitative estimate of drug-likeness (QED) is 0.167. The van der Waals surface area contributed by atoms with Gasteiger partial charge in [0.15, 0.2) is 4.80 Å². The van der Waals surface area contributed by atoms with Gasteiger partial charge < -0.3 is 9.15 Å². The molecule has 0 amide bonds. The molecule has 2 aromatic carbocycles. The zero-order valence-corrected chi connectivity index (χ0v) is 26.3. The lowest BCUT2D eigenvalue weighted by Gasteiger charge is -2.25. The fourth-order valence-electron chi connectivity index (χ4n) is 4.35. The van der Waals surface area contributed by atoms with E-state index in [0.29, 0.717) is 32.1 Å². The minimum absolute atomic E-state index is 0.248. The van der Waals surface area contributed by atoms with E-state index in [1.165, 1.54) is 11.3 Å². The van der Waals surface area contributed by atoms with Gasteiger partial charge in [0.1, 0.15) is 11.5 Å². The van der Waals surface area contributed by atoms with Crippen LogP contribution in [0.15, 0.2) is 93.9 Å². The molecule has 10 heteroatoms. The highest BCUT2D eigenvalue weighted by Crippen LogP contribution is 2.33. The summed E-state index contributed by atoms with van der Waals surface area (Å²) in [5.41, 5.74) is 2.35. The summed E-state index contributed by atoms with van der Waals surface area (Å²) in [6.45, 7) is 5.39. The zero-order chi connectivity index (χ0) is 27.8. The summed E-state index contributed by atoms with van der Waals surface area (Å²) in [5.74, 6) is 0.733. The molecule has 0 bridgehead atoms. The highest BCUT2D eigenvalue weighted by atomic mass is 79.9.